The van der Waals surface area contributed by atoms with Crippen molar-refractivity contribution >= 4 is 22.1 Å². The SMILES string of the molecule is COc1ccc(C)cc1C[S@@](=O)CCc1cccs1. The standard InChI is InChI=1S/C15H18O2S2/c1-12-5-6-15(17-2)13(10-12)11-19(16)9-7-14-4-3-8-18-14/h3-6,8,10H,7,9,11H2,1-2H3/t19-/m0/s1. The molecular weight excluding hydrogens is 276 g/mol. The molecule has 0 aliphatic carbocycles. The van der Waals surface area contributed by atoms with E-state index in [1.165, 1.54) is 10.4 Å². The summed E-state index contributed by atoms with van der Waals surface area (Å²) in [6.45, 7) is 2.04. The van der Waals surface area contributed by atoms with Gasteiger partial charge in [0, 0.05) is 27.0 Å². The Morgan fingerprint density at radius 2 is 2.16 bits per heavy atom. The van der Waals surface area contributed by atoms with E-state index in [4.69, 9.17) is 4.74 Å². The summed E-state index contributed by atoms with van der Waals surface area (Å²) in [7, 11) is 0.806. The number of hydrogen-bond donors (Lipinski definition) is 0. The Morgan fingerprint density at radius 1 is 1.32 bits per heavy atom. The minimum absolute atomic E-state index is 0.566. The fraction of sp³-hybridized carbons (Fsp3) is 0.333. The van der Waals surface area contributed by atoms with Gasteiger partial charge in [-0.3, -0.25) is 4.21 Å². The van der Waals surface area contributed by atoms with E-state index in [2.05, 4.69) is 17.5 Å². The Balaban J connectivity index is 1.96. The van der Waals surface area contributed by atoms with Crippen LogP contribution < -0.4 is 4.74 Å². The van der Waals surface area contributed by atoms with E-state index in [0.29, 0.717) is 11.5 Å². The number of ether oxygens (including phenoxy) is 1. The van der Waals surface area contributed by atoms with Crippen LogP contribution >= 0.6 is 11.3 Å². The minimum atomic E-state index is -0.849. The molecule has 0 saturated heterocycles. The highest BCUT2D eigenvalue weighted by Crippen LogP contribution is 2.21. The van der Waals surface area contributed by atoms with Crippen LogP contribution in [0.1, 0.15) is 16.0 Å². The van der Waals surface area contributed by atoms with Crippen LogP contribution in [-0.2, 0) is 23.0 Å². The van der Waals surface area contributed by atoms with Crippen molar-refractivity contribution in [1.29, 1.82) is 0 Å². The van der Waals surface area contributed by atoms with Gasteiger partial charge in [0.15, 0.2) is 0 Å². The fourth-order valence-electron chi connectivity index (χ4n) is 1.94. The minimum Gasteiger partial charge on any atom is -0.496 e. The average molecular weight is 294 g/mol. The van der Waals surface area contributed by atoms with E-state index in [1.54, 1.807) is 18.4 Å². The molecular formula is C15H18O2S2. The van der Waals surface area contributed by atoms with E-state index >= 15 is 0 Å². The molecule has 4 heteroatoms. The first-order valence-corrected chi connectivity index (χ1v) is 8.56. The molecule has 2 nitrogen and oxygen atoms in total. The van der Waals surface area contributed by atoms with E-state index in [-0.39, 0.29) is 0 Å². The molecule has 0 aliphatic rings. The second-order valence-electron chi connectivity index (χ2n) is 4.43. The maximum atomic E-state index is 12.1. The van der Waals surface area contributed by atoms with Crippen molar-refractivity contribution < 1.29 is 8.95 Å². The van der Waals surface area contributed by atoms with Crippen molar-refractivity contribution in [1.82, 2.24) is 0 Å². The van der Waals surface area contributed by atoms with Crippen LogP contribution in [0.25, 0.3) is 0 Å². The maximum Gasteiger partial charge on any atom is 0.123 e. The largest absolute Gasteiger partial charge is 0.496 e. The number of thiophene rings is 1. The molecule has 0 unspecified atom stereocenters. The second kappa shape index (κ2) is 6.87. The van der Waals surface area contributed by atoms with Crippen molar-refractivity contribution in [3.05, 3.63) is 51.7 Å². The molecule has 1 atom stereocenters. The first kappa shape index (κ1) is 14.3. The van der Waals surface area contributed by atoms with Crippen LogP contribution in [0.4, 0.5) is 0 Å². The van der Waals surface area contributed by atoms with Crippen LogP contribution in [0.2, 0.25) is 0 Å². The van der Waals surface area contributed by atoms with Crippen molar-refractivity contribution in [2.24, 2.45) is 0 Å². The molecule has 102 valence electrons. The maximum absolute atomic E-state index is 12.1. The molecule has 1 aromatic heterocycles. The number of aryl methyl sites for hydroxylation is 2. The quantitative estimate of drug-likeness (QED) is 0.814. The van der Waals surface area contributed by atoms with Gasteiger partial charge in [-0.15, -0.1) is 11.3 Å². The van der Waals surface area contributed by atoms with Gasteiger partial charge >= 0.3 is 0 Å². The van der Waals surface area contributed by atoms with Crippen LogP contribution in [-0.4, -0.2) is 17.1 Å². The predicted octanol–water partition coefficient (Wildman–Crippen LogP) is 3.56. The summed E-state index contributed by atoms with van der Waals surface area (Å²) >= 11 is 1.72. The second-order valence-corrected chi connectivity index (χ2v) is 7.04. The molecule has 0 bridgehead atoms. The van der Waals surface area contributed by atoms with E-state index in [1.807, 2.05) is 25.1 Å². The van der Waals surface area contributed by atoms with Crippen LogP contribution in [0.15, 0.2) is 35.7 Å². The highest BCUT2D eigenvalue weighted by Gasteiger charge is 2.08. The molecule has 19 heavy (non-hydrogen) atoms. The summed E-state index contributed by atoms with van der Waals surface area (Å²) in [5.41, 5.74) is 2.21. The number of methoxy groups -OCH3 is 1. The zero-order valence-corrected chi connectivity index (χ0v) is 12.9. The Morgan fingerprint density at radius 3 is 2.84 bits per heavy atom. The Bertz CT molecular complexity index is 547. The van der Waals surface area contributed by atoms with Gasteiger partial charge in [-0.2, -0.15) is 0 Å². The molecule has 0 aliphatic heterocycles. The Kier molecular flexibility index (Phi) is 5.16. The van der Waals surface area contributed by atoms with Gasteiger partial charge in [0.25, 0.3) is 0 Å². The molecule has 1 heterocycles. The summed E-state index contributed by atoms with van der Waals surface area (Å²) in [5, 5.41) is 2.06. The normalized spacial score (nSPS) is 12.3. The summed E-state index contributed by atoms with van der Waals surface area (Å²) in [6, 6.07) is 10.1. The molecule has 0 spiro atoms. The third kappa shape index (κ3) is 4.18. The molecule has 2 rings (SSSR count). The first-order chi connectivity index (χ1) is 9.19. The molecule has 1 aromatic carbocycles. The predicted molar refractivity (Wildman–Crippen MR) is 82.5 cm³/mol. The summed E-state index contributed by atoms with van der Waals surface area (Å²) in [4.78, 5) is 1.30. The van der Waals surface area contributed by atoms with E-state index in [9.17, 15) is 4.21 Å². The van der Waals surface area contributed by atoms with Crippen molar-refractivity contribution in [2.75, 3.05) is 12.9 Å². The lowest BCUT2D eigenvalue weighted by atomic mass is 10.1. The molecule has 0 fully saturated rings. The summed E-state index contributed by atoms with van der Waals surface area (Å²) in [5.74, 6) is 2.10. The van der Waals surface area contributed by atoms with Crippen LogP contribution in [0.5, 0.6) is 5.75 Å². The molecule has 0 radical (unpaired) electrons. The molecule has 2 aromatic rings. The van der Waals surface area contributed by atoms with Crippen LogP contribution in [0.3, 0.4) is 0 Å². The van der Waals surface area contributed by atoms with Gasteiger partial charge in [0.05, 0.1) is 12.9 Å². The molecule has 0 N–H and O–H groups in total. The van der Waals surface area contributed by atoms with Gasteiger partial charge in [0.2, 0.25) is 0 Å². The van der Waals surface area contributed by atoms with Gasteiger partial charge in [-0.05, 0) is 30.9 Å². The topological polar surface area (TPSA) is 26.3 Å². The lowest BCUT2D eigenvalue weighted by molar-refractivity contribution is 0.411. The van der Waals surface area contributed by atoms with E-state index < -0.39 is 10.8 Å². The molecule has 0 saturated carbocycles. The molecule has 0 amide bonds. The van der Waals surface area contributed by atoms with Gasteiger partial charge in [-0.25, -0.2) is 0 Å². The van der Waals surface area contributed by atoms with Crippen LogP contribution in [0, 0.1) is 6.92 Å². The Labute approximate surface area is 120 Å². The third-order valence-corrected chi connectivity index (χ3v) is 5.14. The average Bonchev–Trinajstić information content (AvgIpc) is 2.90. The lowest BCUT2D eigenvalue weighted by Gasteiger charge is -2.09. The zero-order valence-electron chi connectivity index (χ0n) is 11.2. The van der Waals surface area contributed by atoms with Gasteiger partial charge in [-0.1, -0.05) is 23.8 Å². The highest BCUT2D eigenvalue weighted by molar-refractivity contribution is 7.84. The summed E-state index contributed by atoms with van der Waals surface area (Å²) in [6.07, 6.45) is 0.887. The lowest BCUT2D eigenvalue weighted by Crippen LogP contribution is -2.04. The third-order valence-electron chi connectivity index (χ3n) is 2.91. The van der Waals surface area contributed by atoms with Gasteiger partial charge < -0.3 is 4.74 Å². The number of hydrogen-bond acceptors (Lipinski definition) is 3. The summed E-state index contributed by atoms with van der Waals surface area (Å²) < 4.78 is 17.5. The van der Waals surface area contributed by atoms with Crippen molar-refractivity contribution in [3.63, 3.8) is 0 Å². The smallest absolute Gasteiger partial charge is 0.123 e. The number of benzene rings is 1. The zero-order chi connectivity index (χ0) is 13.7. The van der Waals surface area contributed by atoms with Crippen molar-refractivity contribution in [3.8, 4) is 5.75 Å². The first-order valence-electron chi connectivity index (χ1n) is 6.20. The monoisotopic (exact) mass is 294 g/mol. The van der Waals surface area contributed by atoms with Crippen molar-refractivity contribution in [2.45, 2.75) is 19.1 Å². The highest BCUT2D eigenvalue weighted by atomic mass is 32.2. The Hall–Kier alpha value is -1.13. The fourth-order valence-corrected chi connectivity index (χ4v) is 3.94. The van der Waals surface area contributed by atoms with Gasteiger partial charge in [0.1, 0.15) is 5.75 Å². The van der Waals surface area contributed by atoms with E-state index in [0.717, 1.165) is 17.7 Å². The number of rotatable bonds is 6.